The smallest absolute Gasteiger partial charge is 0.407 e. The third-order valence-electron chi connectivity index (χ3n) is 4.81. The first-order valence-corrected chi connectivity index (χ1v) is 11.0. The van der Waals surface area contributed by atoms with E-state index in [9.17, 15) is 14.4 Å². The molecule has 1 saturated carbocycles. The summed E-state index contributed by atoms with van der Waals surface area (Å²) in [6, 6.07) is 8.47. The molecule has 178 valence electrons. The molecule has 0 saturated heterocycles. The number of hydrogen-bond acceptors (Lipinski definition) is 6. The van der Waals surface area contributed by atoms with Crippen LogP contribution in [-0.4, -0.2) is 41.4 Å². The third kappa shape index (κ3) is 9.16. The van der Waals surface area contributed by atoms with Crippen molar-refractivity contribution in [3.8, 4) is 0 Å². The Hall–Kier alpha value is -2.77. The molecule has 0 radical (unpaired) electrons. The average molecular weight is 449 g/mol. The van der Waals surface area contributed by atoms with Gasteiger partial charge in [-0.25, -0.2) is 9.59 Å². The molecule has 0 spiro atoms. The summed E-state index contributed by atoms with van der Waals surface area (Å²) in [6.07, 6.45) is 0.176. The van der Waals surface area contributed by atoms with Crippen LogP contribution in [0, 0.1) is 5.92 Å². The van der Waals surface area contributed by atoms with Crippen LogP contribution in [0.15, 0.2) is 30.3 Å². The highest BCUT2D eigenvalue weighted by atomic mass is 16.6. The average Bonchev–Trinajstić information content (AvgIpc) is 2.65. The lowest BCUT2D eigenvalue weighted by atomic mass is 9.82. The molecule has 1 fully saturated rings. The monoisotopic (exact) mass is 448 g/mol. The highest BCUT2D eigenvalue weighted by Gasteiger charge is 2.38. The van der Waals surface area contributed by atoms with Crippen molar-refractivity contribution < 1.29 is 28.6 Å². The van der Waals surface area contributed by atoms with Crippen LogP contribution >= 0.6 is 0 Å². The van der Waals surface area contributed by atoms with Crippen molar-refractivity contribution in [1.29, 1.82) is 0 Å². The zero-order valence-electron chi connectivity index (χ0n) is 19.9. The quantitative estimate of drug-likeness (QED) is 0.514. The van der Waals surface area contributed by atoms with Gasteiger partial charge in [-0.15, -0.1) is 0 Å². The van der Waals surface area contributed by atoms with Gasteiger partial charge in [-0.1, -0.05) is 30.3 Å². The standard InChI is InChI=1S/C24H36N2O6/c1-23(2,3)31-20(27)17-12-13-18(19(14-17)26-22(29)32-24(4,5)6)25-21(28)30-15-16-10-8-7-9-11-16/h7-11,17-19H,12-15H2,1-6H3,(H,25,28)(H,26,29)/t17-,18-,19+/m0/s1. The predicted molar refractivity (Wildman–Crippen MR) is 120 cm³/mol. The maximum atomic E-state index is 12.6. The molecular weight excluding hydrogens is 412 g/mol. The van der Waals surface area contributed by atoms with Crippen LogP contribution in [0.4, 0.5) is 9.59 Å². The Kier molecular flexibility index (Phi) is 8.52. The fourth-order valence-electron chi connectivity index (χ4n) is 3.48. The zero-order valence-corrected chi connectivity index (χ0v) is 19.9. The van der Waals surface area contributed by atoms with Crippen LogP contribution in [0.1, 0.15) is 66.4 Å². The normalized spacial score (nSPS) is 21.2. The number of amides is 2. The molecule has 1 aromatic carbocycles. The molecule has 8 heteroatoms. The van der Waals surface area contributed by atoms with Gasteiger partial charge in [0.05, 0.1) is 18.0 Å². The maximum Gasteiger partial charge on any atom is 0.407 e. The van der Waals surface area contributed by atoms with E-state index >= 15 is 0 Å². The van der Waals surface area contributed by atoms with E-state index in [1.165, 1.54) is 0 Å². The summed E-state index contributed by atoms with van der Waals surface area (Å²) in [5, 5.41) is 5.64. The van der Waals surface area contributed by atoms with Crippen LogP contribution in [0.5, 0.6) is 0 Å². The number of esters is 1. The second-order valence-electron chi connectivity index (χ2n) is 10.1. The Morgan fingerprint density at radius 1 is 0.844 bits per heavy atom. The number of nitrogens with one attached hydrogen (secondary N) is 2. The fraction of sp³-hybridized carbons (Fsp3) is 0.625. The van der Waals surface area contributed by atoms with Gasteiger partial charge in [0.2, 0.25) is 0 Å². The Balaban J connectivity index is 2.02. The number of hydrogen-bond donors (Lipinski definition) is 2. The van der Waals surface area contributed by atoms with Crippen LogP contribution in [0.2, 0.25) is 0 Å². The lowest BCUT2D eigenvalue weighted by Gasteiger charge is -2.37. The fourth-order valence-corrected chi connectivity index (χ4v) is 3.48. The molecule has 32 heavy (non-hydrogen) atoms. The van der Waals surface area contributed by atoms with Gasteiger partial charge < -0.3 is 24.8 Å². The van der Waals surface area contributed by atoms with Crippen molar-refractivity contribution in [3.05, 3.63) is 35.9 Å². The zero-order chi connectivity index (χ0) is 23.9. The van der Waals surface area contributed by atoms with E-state index in [1.54, 1.807) is 20.8 Å². The van der Waals surface area contributed by atoms with E-state index in [0.29, 0.717) is 19.3 Å². The van der Waals surface area contributed by atoms with Crippen molar-refractivity contribution in [1.82, 2.24) is 10.6 Å². The van der Waals surface area contributed by atoms with Gasteiger partial charge in [0, 0.05) is 0 Å². The first-order chi connectivity index (χ1) is 14.8. The van der Waals surface area contributed by atoms with E-state index < -0.39 is 35.5 Å². The molecule has 0 bridgehead atoms. The molecule has 8 nitrogen and oxygen atoms in total. The Morgan fingerprint density at radius 2 is 1.44 bits per heavy atom. The third-order valence-corrected chi connectivity index (χ3v) is 4.81. The lowest BCUT2D eigenvalue weighted by molar-refractivity contribution is -0.161. The summed E-state index contributed by atoms with van der Waals surface area (Å²) in [6.45, 7) is 10.9. The summed E-state index contributed by atoms with van der Waals surface area (Å²) in [5.74, 6) is -0.689. The van der Waals surface area contributed by atoms with Crippen LogP contribution < -0.4 is 10.6 Å². The van der Waals surface area contributed by atoms with E-state index in [-0.39, 0.29) is 18.5 Å². The highest BCUT2D eigenvalue weighted by molar-refractivity contribution is 5.74. The number of carbonyl (C=O) groups excluding carboxylic acids is 3. The minimum absolute atomic E-state index is 0.143. The second-order valence-corrected chi connectivity index (χ2v) is 10.1. The van der Waals surface area contributed by atoms with Gasteiger partial charge in [-0.3, -0.25) is 4.79 Å². The molecule has 0 unspecified atom stereocenters. The molecule has 2 N–H and O–H groups in total. The predicted octanol–water partition coefficient (Wildman–Crippen LogP) is 4.32. The lowest BCUT2D eigenvalue weighted by Crippen LogP contribution is -2.56. The van der Waals surface area contributed by atoms with Crippen molar-refractivity contribution in [2.24, 2.45) is 5.92 Å². The minimum Gasteiger partial charge on any atom is -0.460 e. The molecule has 0 heterocycles. The van der Waals surface area contributed by atoms with E-state index in [2.05, 4.69) is 10.6 Å². The van der Waals surface area contributed by atoms with E-state index in [4.69, 9.17) is 14.2 Å². The minimum atomic E-state index is -0.666. The van der Waals surface area contributed by atoms with E-state index in [0.717, 1.165) is 5.56 Å². The molecule has 1 aliphatic carbocycles. The Morgan fingerprint density at radius 3 is 2.03 bits per heavy atom. The molecule has 1 aliphatic rings. The first kappa shape index (κ1) is 25.5. The second kappa shape index (κ2) is 10.7. The Bertz CT molecular complexity index is 782. The molecular formula is C24H36N2O6. The van der Waals surface area contributed by atoms with Gasteiger partial charge in [0.25, 0.3) is 0 Å². The number of ether oxygens (including phenoxy) is 3. The van der Waals surface area contributed by atoms with Crippen molar-refractivity contribution >= 4 is 18.2 Å². The number of carbonyl (C=O) groups is 3. The van der Waals surface area contributed by atoms with Crippen molar-refractivity contribution in [3.63, 3.8) is 0 Å². The topological polar surface area (TPSA) is 103 Å². The van der Waals surface area contributed by atoms with Gasteiger partial charge in [-0.2, -0.15) is 0 Å². The number of rotatable bonds is 5. The molecule has 3 atom stereocenters. The molecule has 2 rings (SSSR count). The summed E-state index contributed by atoms with van der Waals surface area (Å²) < 4.78 is 16.2. The van der Waals surface area contributed by atoms with Gasteiger partial charge in [-0.05, 0) is 66.4 Å². The van der Waals surface area contributed by atoms with Crippen molar-refractivity contribution in [2.45, 2.75) is 90.7 Å². The molecule has 0 aromatic heterocycles. The molecule has 1 aromatic rings. The first-order valence-electron chi connectivity index (χ1n) is 11.0. The number of benzene rings is 1. The van der Waals surface area contributed by atoms with Gasteiger partial charge in [0.15, 0.2) is 0 Å². The molecule has 2 amide bonds. The number of alkyl carbamates (subject to hydrolysis) is 2. The highest BCUT2D eigenvalue weighted by Crippen LogP contribution is 2.28. The summed E-state index contributed by atoms with van der Waals surface area (Å²) >= 11 is 0. The summed E-state index contributed by atoms with van der Waals surface area (Å²) in [7, 11) is 0. The largest absolute Gasteiger partial charge is 0.460 e. The maximum absolute atomic E-state index is 12.6. The van der Waals surface area contributed by atoms with Crippen molar-refractivity contribution in [2.75, 3.05) is 0 Å². The van der Waals surface area contributed by atoms with E-state index in [1.807, 2.05) is 51.1 Å². The van der Waals surface area contributed by atoms with Gasteiger partial charge >= 0.3 is 18.2 Å². The summed E-state index contributed by atoms with van der Waals surface area (Å²) in [5.41, 5.74) is -0.387. The molecule has 0 aliphatic heterocycles. The van der Waals surface area contributed by atoms with Crippen LogP contribution in [0.25, 0.3) is 0 Å². The summed E-state index contributed by atoms with van der Waals surface area (Å²) in [4.78, 5) is 37.3. The SMILES string of the molecule is CC(C)(C)OC(=O)N[C@@H]1C[C@@H](C(=O)OC(C)(C)C)CC[C@@H]1NC(=O)OCc1ccccc1. The van der Waals surface area contributed by atoms with Crippen LogP contribution in [0.3, 0.4) is 0 Å². The van der Waals surface area contributed by atoms with Crippen LogP contribution in [-0.2, 0) is 25.6 Å². The Labute approximate surface area is 190 Å². The van der Waals surface area contributed by atoms with Gasteiger partial charge in [0.1, 0.15) is 17.8 Å².